The second-order valence-electron chi connectivity index (χ2n) is 5.54. The predicted molar refractivity (Wildman–Crippen MR) is 87.6 cm³/mol. The maximum Gasteiger partial charge on any atom is 0.0441 e. The Morgan fingerprint density at radius 1 is 1.05 bits per heavy atom. The van der Waals surface area contributed by atoms with E-state index in [4.69, 9.17) is 17.3 Å². The average molecular weight is 288 g/mol. The van der Waals surface area contributed by atoms with E-state index in [2.05, 4.69) is 39.0 Å². The molecule has 0 aromatic heterocycles. The Balaban J connectivity index is 2.35. The Kier molecular flexibility index (Phi) is 4.85. The molecule has 0 bridgehead atoms. The van der Waals surface area contributed by atoms with Gasteiger partial charge in [0, 0.05) is 10.9 Å². The fourth-order valence-corrected chi connectivity index (χ4v) is 3.19. The number of benzene rings is 2. The van der Waals surface area contributed by atoms with Crippen LogP contribution in [0.5, 0.6) is 0 Å². The fourth-order valence-electron chi connectivity index (χ4n) is 2.90. The van der Waals surface area contributed by atoms with Crippen molar-refractivity contribution in [1.82, 2.24) is 0 Å². The molecule has 0 radical (unpaired) electrons. The van der Waals surface area contributed by atoms with E-state index in [-0.39, 0.29) is 5.92 Å². The van der Waals surface area contributed by atoms with Gasteiger partial charge >= 0.3 is 0 Å². The first-order valence-corrected chi connectivity index (χ1v) is 7.42. The van der Waals surface area contributed by atoms with Gasteiger partial charge in [-0.15, -0.1) is 0 Å². The Morgan fingerprint density at radius 3 is 2.20 bits per heavy atom. The highest BCUT2D eigenvalue weighted by Crippen LogP contribution is 2.29. The van der Waals surface area contributed by atoms with Crippen molar-refractivity contribution >= 4 is 11.6 Å². The smallest absolute Gasteiger partial charge is 0.0441 e. The molecule has 0 aliphatic rings. The number of halogens is 1. The summed E-state index contributed by atoms with van der Waals surface area (Å²) in [6.07, 6.45) is 0.943. The molecule has 2 aromatic rings. The Morgan fingerprint density at radius 2 is 1.65 bits per heavy atom. The molecular formula is C18H22ClN. The highest BCUT2D eigenvalue weighted by atomic mass is 35.5. The van der Waals surface area contributed by atoms with Crippen LogP contribution in [0, 0.1) is 20.8 Å². The van der Waals surface area contributed by atoms with Crippen LogP contribution in [-0.4, -0.2) is 6.54 Å². The number of aryl methyl sites for hydroxylation is 3. The molecule has 0 saturated carbocycles. The third kappa shape index (κ3) is 3.23. The zero-order valence-electron chi connectivity index (χ0n) is 12.4. The molecule has 20 heavy (non-hydrogen) atoms. The van der Waals surface area contributed by atoms with Crippen molar-refractivity contribution in [3.63, 3.8) is 0 Å². The zero-order chi connectivity index (χ0) is 14.7. The first kappa shape index (κ1) is 15.1. The van der Waals surface area contributed by atoms with E-state index in [9.17, 15) is 0 Å². The molecule has 2 rings (SSSR count). The van der Waals surface area contributed by atoms with Gasteiger partial charge < -0.3 is 5.73 Å². The van der Waals surface area contributed by atoms with Gasteiger partial charge in [-0.05, 0) is 62.1 Å². The normalized spacial score (nSPS) is 12.4. The van der Waals surface area contributed by atoms with Crippen molar-refractivity contribution in [2.45, 2.75) is 33.1 Å². The minimum Gasteiger partial charge on any atom is -0.330 e. The summed E-state index contributed by atoms with van der Waals surface area (Å²) in [5, 5.41) is 0.811. The molecule has 0 saturated heterocycles. The molecule has 0 aliphatic heterocycles. The van der Waals surface area contributed by atoms with Crippen LogP contribution in [0.15, 0.2) is 36.4 Å². The highest BCUT2D eigenvalue weighted by Gasteiger charge is 2.16. The van der Waals surface area contributed by atoms with E-state index in [0.29, 0.717) is 6.54 Å². The van der Waals surface area contributed by atoms with Crippen molar-refractivity contribution in [3.8, 4) is 0 Å². The van der Waals surface area contributed by atoms with E-state index in [0.717, 1.165) is 17.0 Å². The molecule has 2 heteroatoms. The van der Waals surface area contributed by atoms with Crippen LogP contribution in [0.2, 0.25) is 5.02 Å². The van der Waals surface area contributed by atoms with Crippen molar-refractivity contribution in [3.05, 3.63) is 69.2 Å². The predicted octanol–water partition coefficient (Wildman–Crippen LogP) is 4.55. The van der Waals surface area contributed by atoms with E-state index < -0.39 is 0 Å². The first-order valence-electron chi connectivity index (χ1n) is 7.04. The van der Waals surface area contributed by atoms with E-state index in [1.165, 1.54) is 22.3 Å². The minimum absolute atomic E-state index is 0.267. The van der Waals surface area contributed by atoms with Gasteiger partial charge in [0.25, 0.3) is 0 Å². The Bertz CT molecular complexity index is 581. The van der Waals surface area contributed by atoms with Crippen molar-refractivity contribution in [1.29, 1.82) is 0 Å². The quantitative estimate of drug-likeness (QED) is 0.877. The second kappa shape index (κ2) is 6.43. The molecule has 0 spiro atoms. The summed E-state index contributed by atoms with van der Waals surface area (Å²) in [7, 11) is 0. The fraction of sp³-hybridized carbons (Fsp3) is 0.333. The molecule has 1 atom stereocenters. The van der Waals surface area contributed by atoms with Crippen molar-refractivity contribution in [2.75, 3.05) is 6.54 Å². The van der Waals surface area contributed by atoms with Crippen LogP contribution in [0.3, 0.4) is 0 Å². The molecule has 1 unspecified atom stereocenters. The van der Waals surface area contributed by atoms with Gasteiger partial charge in [-0.1, -0.05) is 47.5 Å². The number of nitrogens with two attached hydrogens (primary N) is 1. The van der Waals surface area contributed by atoms with Crippen LogP contribution < -0.4 is 5.73 Å². The monoisotopic (exact) mass is 287 g/mol. The molecule has 0 amide bonds. The lowest BCUT2D eigenvalue weighted by Gasteiger charge is -2.20. The summed E-state index contributed by atoms with van der Waals surface area (Å²) in [5.74, 6) is 0.267. The van der Waals surface area contributed by atoms with Gasteiger partial charge in [-0.2, -0.15) is 0 Å². The first-order chi connectivity index (χ1) is 9.52. The van der Waals surface area contributed by atoms with Gasteiger partial charge in [0.2, 0.25) is 0 Å². The average Bonchev–Trinajstić information content (AvgIpc) is 2.39. The minimum atomic E-state index is 0.267. The number of rotatable bonds is 4. The molecule has 0 fully saturated rings. The second-order valence-corrected chi connectivity index (χ2v) is 5.94. The SMILES string of the molecule is Cc1cc(C)c(CC(CN)c2ccccc2Cl)c(C)c1. The summed E-state index contributed by atoms with van der Waals surface area (Å²) < 4.78 is 0. The van der Waals surface area contributed by atoms with Crippen LogP contribution in [0.25, 0.3) is 0 Å². The third-order valence-electron chi connectivity index (χ3n) is 3.92. The highest BCUT2D eigenvalue weighted by molar-refractivity contribution is 6.31. The van der Waals surface area contributed by atoms with Crippen LogP contribution >= 0.6 is 11.6 Å². The summed E-state index contributed by atoms with van der Waals surface area (Å²) in [5.41, 5.74) is 12.5. The molecule has 0 heterocycles. The van der Waals surface area contributed by atoms with Crippen LogP contribution in [0.4, 0.5) is 0 Å². The summed E-state index contributed by atoms with van der Waals surface area (Å²) >= 11 is 6.31. The van der Waals surface area contributed by atoms with Crippen LogP contribution in [0.1, 0.15) is 33.7 Å². The summed E-state index contributed by atoms with van der Waals surface area (Å²) in [6, 6.07) is 12.5. The van der Waals surface area contributed by atoms with Gasteiger partial charge in [0.15, 0.2) is 0 Å². The topological polar surface area (TPSA) is 26.0 Å². The maximum absolute atomic E-state index is 6.31. The van der Waals surface area contributed by atoms with Crippen LogP contribution in [-0.2, 0) is 6.42 Å². The Hall–Kier alpha value is -1.31. The maximum atomic E-state index is 6.31. The van der Waals surface area contributed by atoms with E-state index in [1.807, 2.05) is 18.2 Å². The van der Waals surface area contributed by atoms with Crippen molar-refractivity contribution in [2.24, 2.45) is 5.73 Å². The largest absolute Gasteiger partial charge is 0.330 e. The molecule has 0 aliphatic carbocycles. The molecular weight excluding hydrogens is 266 g/mol. The number of hydrogen-bond donors (Lipinski definition) is 1. The molecule has 2 N–H and O–H groups in total. The van der Waals surface area contributed by atoms with Gasteiger partial charge in [0.05, 0.1) is 0 Å². The van der Waals surface area contributed by atoms with Crippen molar-refractivity contribution < 1.29 is 0 Å². The van der Waals surface area contributed by atoms with Gasteiger partial charge in [-0.3, -0.25) is 0 Å². The lowest BCUT2D eigenvalue weighted by molar-refractivity contribution is 0.689. The molecule has 2 aromatic carbocycles. The third-order valence-corrected chi connectivity index (χ3v) is 4.26. The summed E-state index contributed by atoms with van der Waals surface area (Å²) in [4.78, 5) is 0. The lowest BCUT2D eigenvalue weighted by atomic mass is 9.87. The summed E-state index contributed by atoms with van der Waals surface area (Å²) in [6.45, 7) is 7.10. The molecule has 106 valence electrons. The molecule has 1 nitrogen and oxygen atoms in total. The number of hydrogen-bond acceptors (Lipinski definition) is 1. The Labute approximate surface area is 126 Å². The van der Waals surface area contributed by atoms with E-state index >= 15 is 0 Å². The van der Waals surface area contributed by atoms with E-state index in [1.54, 1.807) is 0 Å². The van der Waals surface area contributed by atoms with Gasteiger partial charge in [-0.25, -0.2) is 0 Å². The zero-order valence-corrected chi connectivity index (χ0v) is 13.2. The van der Waals surface area contributed by atoms with Gasteiger partial charge in [0.1, 0.15) is 0 Å². The standard InChI is InChI=1S/C18H22ClN/c1-12-8-13(2)17(14(3)9-12)10-15(11-20)16-6-4-5-7-18(16)19/h4-9,15H,10-11,20H2,1-3H3. The lowest BCUT2D eigenvalue weighted by Crippen LogP contribution is -2.16.